The van der Waals surface area contributed by atoms with Gasteiger partial charge in [-0.25, -0.2) is 4.39 Å². The van der Waals surface area contributed by atoms with Gasteiger partial charge in [-0.15, -0.1) is 0 Å². The lowest BCUT2D eigenvalue weighted by molar-refractivity contribution is -0.138. The number of hydrogen-bond donors (Lipinski definition) is 1. The molecule has 1 heterocycles. The zero-order valence-electron chi connectivity index (χ0n) is 13.7. The van der Waals surface area contributed by atoms with Gasteiger partial charge in [-0.1, -0.05) is 19.4 Å². The Labute approximate surface area is 136 Å². The van der Waals surface area contributed by atoms with E-state index >= 15 is 0 Å². The molecular weight excluding hydrogens is 297 g/mol. The summed E-state index contributed by atoms with van der Waals surface area (Å²) in [6.07, 6.45) is 1.48. The lowest BCUT2D eigenvalue weighted by Gasteiger charge is -2.38. The number of piperazine rings is 1. The van der Waals surface area contributed by atoms with Gasteiger partial charge in [0.05, 0.1) is 5.54 Å². The largest absolute Gasteiger partial charge is 0.338 e. The minimum Gasteiger partial charge on any atom is -0.338 e. The number of rotatable bonds is 4. The number of amides is 2. The second kappa shape index (κ2) is 7.08. The first-order valence-electron chi connectivity index (χ1n) is 7.98. The molecule has 0 bridgehead atoms. The summed E-state index contributed by atoms with van der Waals surface area (Å²) in [7, 11) is 0. The standard InChI is InChI=1S/C17H24FN3O2/c1-3-7-17(2,19)16(23)21-10-8-20(9-11-21)15(22)13-5-4-6-14(18)12-13/h4-6,12H,3,7-11,19H2,1-2H3. The Hall–Kier alpha value is -1.95. The van der Waals surface area contributed by atoms with Gasteiger partial charge >= 0.3 is 0 Å². The van der Waals surface area contributed by atoms with Crippen molar-refractivity contribution < 1.29 is 14.0 Å². The lowest BCUT2D eigenvalue weighted by atomic mass is 9.95. The Morgan fingerprint density at radius 1 is 1.22 bits per heavy atom. The molecule has 1 fully saturated rings. The van der Waals surface area contributed by atoms with E-state index in [4.69, 9.17) is 5.73 Å². The molecule has 1 aliphatic heterocycles. The first kappa shape index (κ1) is 17.4. The van der Waals surface area contributed by atoms with Crippen LogP contribution in [-0.2, 0) is 4.79 Å². The van der Waals surface area contributed by atoms with Crippen molar-refractivity contribution in [2.24, 2.45) is 5.73 Å². The number of carbonyl (C=O) groups excluding carboxylic acids is 2. The fourth-order valence-corrected chi connectivity index (χ4v) is 2.90. The summed E-state index contributed by atoms with van der Waals surface area (Å²) in [5.41, 5.74) is 5.57. The van der Waals surface area contributed by atoms with Crippen LogP contribution in [0, 0.1) is 5.82 Å². The molecule has 126 valence electrons. The highest BCUT2D eigenvalue weighted by Gasteiger charge is 2.34. The normalized spacial score (nSPS) is 17.7. The first-order valence-corrected chi connectivity index (χ1v) is 7.98. The van der Waals surface area contributed by atoms with E-state index in [0.717, 1.165) is 6.42 Å². The highest BCUT2D eigenvalue weighted by atomic mass is 19.1. The van der Waals surface area contributed by atoms with Crippen molar-refractivity contribution in [1.29, 1.82) is 0 Å². The molecule has 2 amide bonds. The van der Waals surface area contributed by atoms with Gasteiger partial charge < -0.3 is 15.5 Å². The fourth-order valence-electron chi connectivity index (χ4n) is 2.90. The van der Waals surface area contributed by atoms with Gasteiger partial charge in [0.2, 0.25) is 5.91 Å². The van der Waals surface area contributed by atoms with Crippen molar-refractivity contribution in [3.05, 3.63) is 35.6 Å². The molecule has 1 unspecified atom stereocenters. The third kappa shape index (κ3) is 4.07. The van der Waals surface area contributed by atoms with Crippen molar-refractivity contribution in [1.82, 2.24) is 9.80 Å². The highest BCUT2D eigenvalue weighted by Crippen LogP contribution is 2.16. The van der Waals surface area contributed by atoms with Crippen LogP contribution in [-0.4, -0.2) is 53.3 Å². The maximum absolute atomic E-state index is 13.2. The molecule has 0 spiro atoms. The second-order valence-electron chi connectivity index (χ2n) is 6.26. The summed E-state index contributed by atoms with van der Waals surface area (Å²) in [4.78, 5) is 28.2. The number of nitrogens with two attached hydrogens (primary N) is 1. The van der Waals surface area contributed by atoms with Crippen LogP contribution < -0.4 is 5.73 Å². The van der Waals surface area contributed by atoms with Crippen LogP contribution in [0.1, 0.15) is 37.0 Å². The summed E-state index contributed by atoms with van der Waals surface area (Å²) in [5.74, 6) is -0.707. The van der Waals surface area contributed by atoms with Crippen LogP contribution in [0.5, 0.6) is 0 Å². The first-order chi connectivity index (χ1) is 10.8. The van der Waals surface area contributed by atoms with Crippen molar-refractivity contribution >= 4 is 11.8 Å². The Bertz CT molecular complexity index is 581. The molecule has 1 aliphatic rings. The highest BCUT2D eigenvalue weighted by molar-refractivity contribution is 5.94. The van der Waals surface area contributed by atoms with E-state index < -0.39 is 11.4 Å². The van der Waals surface area contributed by atoms with Crippen LogP contribution in [0.15, 0.2) is 24.3 Å². The molecule has 23 heavy (non-hydrogen) atoms. The van der Waals surface area contributed by atoms with Gasteiger partial charge in [0.15, 0.2) is 0 Å². The molecule has 2 rings (SSSR count). The van der Waals surface area contributed by atoms with E-state index in [0.29, 0.717) is 38.2 Å². The number of benzene rings is 1. The molecule has 0 aliphatic carbocycles. The second-order valence-corrected chi connectivity index (χ2v) is 6.26. The maximum atomic E-state index is 13.2. The van der Waals surface area contributed by atoms with Crippen LogP contribution in [0.25, 0.3) is 0 Å². The molecular formula is C17H24FN3O2. The quantitative estimate of drug-likeness (QED) is 0.916. The molecule has 0 aromatic heterocycles. The van der Waals surface area contributed by atoms with Crippen LogP contribution >= 0.6 is 0 Å². The van der Waals surface area contributed by atoms with Gasteiger partial charge in [-0.05, 0) is 31.5 Å². The van der Waals surface area contributed by atoms with Crippen molar-refractivity contribution in [2.45, 2.75) is 32.2 Å². The van der Waals surface area contributed by atoms with Crippen LogP contribution in [0.4, 0.5) is 4.39 Å². The summed E-state index contributed by atoms with van der Waals surface area (Å²) < 4.78 is 13.2. The molecule has 2 N–H and O–H groups in total. The smallest absolute Gasteiger partial charge is 0.254 e. The average molecular weight is 321 g/mol. The summed E-state index contributed by atoms with van der Waals surface area (Å²) in [6, 6.07) is 5.66. The monoisotopic (exact) mass is 321 g/mol. The molecule has 1 aromatic carbocycles. The third-order valence-electron chi connectivity index (χ3n) is 4.18. The lowest BCUT2D eigenvalue weighted by Crippen LogP contribution is -2.58. The molecule has 0 radical (unpaired) electrons. The van der Waals surface area contributed by atoms with Crippen molar-refractivity contribution in [2.75, 3.05) is 26.2 Å². The van der Waals surface area contributed by atoms with Gasteiger partial charge in [0.1, 0.15) is 5.82 Å². The molecule has 5 nitrogen and oxygen atoms in total. The zero-order chi connectivity index (χ0) is 17.0. The zero-order valence-corrected chi connectivity index (χ0v) is 13.7. The topological polar surface area (TPSA) is 66.6 Å². The average Bonchev–Trinajstić information content (AvgIpc) is 2.53. The third-order valence-corrected chi connectivity index (χ3v) is 4.18. The van der Waals surface area contributed by atoms with E-state index in [2.05, 4.69) is 0 Å². The summed E-state index contributed by atoms with van der Waals surface area (Å²) in [6.45, 7) is 5.52. The SMILES string of the molecule is CCCC(C)(N)C(=O)N1CCN(C(=O)c2cccc(F)c2)CC1. The molecule has 1 aromatic rings. The maximum Gasteiger partial charge on any atom is 0.254 e. The van der Waals surface area contributed by atoms with Gasteiger partial charge in [0, 0.05) is 31.7 Å². The van der Waals surface area contributed by atoms with E-state index in [1.807, 2.05) is 6.92 Å². The number of nitrogens with zero attached hydrogens (tertiary/aromatic N) is 2. The fraction of sp³-hybridized carbons (Fsp3) is 0.529. The van der Waals surface area contributed by atoms with Gasteiger partial charge in [-0.3, -0.25) is 9.59 Å². The number of hydrogen-bond acceptors (Lipinski definition) is 3. The van der Waals surface area contributed by atoms with Crippen LogP contribution in [0.2, 0.25) is 0 Å². The van der Waals surface area contributed by atoms with E-state index in [-0.39, 0.29) is 11.8 Å². The van der Waals surface area contributed by atoms with Crippen molar-refractivity contribution in [3.8, 4) is 0 Å². The van der Waals surface area contributed by atoms with Gasteiger partial charge in [0.25, 0.3) is 5.91 Å². The Morgan fingerprint density at radius 3 is 2.39 bits per heavy atom. The molecule has 0 saturated carbocycles. The molecule has 6 heteroatoms. The Kier molecular flexibility index (Phi) is 5.36. The Balaban J connectivity index is 1.96. The number of halogens is 1. The summed E-state index contributed by atoms with van der Waals surface area (Å²) in [5, 5.41) is 0. The van der Waals surface area contributed by atoms with E-state index in [1.165, 1.54) is 18.2 Å². The predicted molar refractivity (Wildman–Crippen MR) is 86.4 cm³/mol. The van der Waals surface area contributed by atoms with E-state index in [1.54, 1.807) is 22.8 Å². The molecule has 1 atom stereocenters. The van der Waals surface area contributed by atoms with E-state index in [9.17, 15) is 14.0 Å². The Morgan fingerprint density at radius 2 is 1.83 bits per heavy atom. The predicted octanol–water partition coefficient (Wildman–Crippen LogP) is 1.63. The molecule has 1 saturated heterocycles. The minimum absolute atomic E-state index is 0.0720. The minimum atomic E-state index is -0.858. The van der Waals surface area contributed by atoms with Gasteiger partial charge in [-0.2, -0.15) is 0 Å². The van der Waals surface area contributed by atoms with Crippen molar-refractivity contribution in [3.63, 3.8) is 0 Å². The summed E-state index contributed by atoms with van der Waals surface area (Å²) >= 11 is 0. The number of carbonyl (C=O) groups is 2. The van der Waals surface area contributed by atoms with Crippen LogP contribution in [0.3, 0.4) is 0 Å².